The summed E-state index contributed by atoms with van der Waals surface area (Å²) < 4.78 is 0. The van der Waals surface area contributed by atoms with Crippen LogP contribution in [-0.2, 0) is 12.8 Å². The van der Waals surface area contributed by atoms with Gasteiger partial charge in [0, 0.05) is 35.6 Å². The van der Waals surface area contributed by atoms with Crippen molar-refractivity contribution in [3.05, 3.63) is 82.3 Å². The number of anilines is 2. The minimum Gasteiger partial charge on any atom is -0.326 e. The molecule has 0 saturated heterocycles. The Labute approximate surface area is 179 Å². The van der Waals surface area contributed by atoms with E-state index < -0.39 is 0 Å². The topological polar surface area (TPSA) is 66.4 Å². The summed E-state index contributed by atoms with van der Waals surface area (Å²) in [6, 6.07) is 12.9. The molecule has 2 aliphatic rings. The molecule has 0 atom stereocenters. The largest absolute Gasteiger partial charge is 0.326 e. The molecule has 0 aliphatic carbocycles. The van der Waals surface area contributed by atoms with Crippen molar-refractivity contribution in [3.63, 3.8) is 0 Å². The Morgan fingerprint density at radius 3 is 2.37 bits per heavy atom. The monoisotopic (exact) mass is 418 g/mol. The number of hydrogen-bond acceptors (Lipinski definition) is 5. The minimum atomic E-state index is -0.224. The smallest absolute Gasteiger partial charge is 0.261 e. The number of aryl methyl sites for hydroxylation is 2. The molecular weight excluding hydrogens is 400 g/mol. The molecule has 2 aliphatic heterocycles. The molecule has 7 heteroatoms. The van der Waals surface area contributed by atoms with E-state index in [1.807, 2.05) is 24.4 Å². The maximum atomic E-state index is 12.6. The molecule has 1 aromatic heterocycles. The second-order valence-corrected chi connectivity index (χ2v) is 7.89. The summed E-state index contributed by atoms with van der Waals surface area (Å²) in [6.07, 6.45) is 5.74. The Balaban J connectivity index is 1.40. The van der Waals surface area contributed by atoms with E-state index in [1.165, 1.54) is 10.5 Å². The first-order valence-corrected chi connectivity index (χ1v) is 10.3. The van der Waals surface area contributed by atoms with Crippen molar-refractivity contribution >= 4 is 34.9 Å². The van der Waals surface area contributed by atoms with Crippen LogP contribution in [-0.4, -0.2) is 39.8 Å². The first kappa shape index (κ1) is 18.8. The number of halogens is 1. The van der Waals surface area contributed by atoms with Crippen LogP contribution in [0.15, 0.2) is 55.0 Å². The summed E-state index contributed by atoms with van der Waals surface area (Å²) in [5.74, 6) is 0.406. The SMILES string of the molecule is O=C1c2ccccc2C(=O)N1CCCN1c2cc(Cl)ccc2CCc2cncnc21. The van der Waals surface area contributed by atoms with Gasteiger partial charge in [0.05, 0.1) is 11.1 Å². The van der Waals surface area contributed by atoms with E-state index in [0.717, 1.165) is 29.9 Å². The van der Waals surface area contributed by atoms with Crippen LogP contribution in [0.25, 0.3) is 0 Å². The number of imide groups is 1. The summed E-state index contributed by atoms with van der Waals surface area (Å²) in [4.78, 5) is 37.4. The molecule has 0 unspecified atom stereocenters. The fraction of sp³-hybridized carbons (Fsp3) is 0.217. The maximum absolute atomic E-state index is 12.6. The summed E-state index contributed by atoms with van der Waals surface area (Å²) in [7, 11) is 0. The van der Waals surface area contributed by atoms with E-state index in [2.05, 4.69) is 14.9 Å². The molecule has 0 saturated carbocycles. The van der Waals surface area contributed by atoms with Gasteiger partial charge < -0.3 is 4.90 Å². The number of carbonyl (C=O) groups is 2. The Bertz CT molecular complexity index is 1130. The second kappa shape index (κ2) is 7.54. The van der Waals surface area contributed by atoms with Crippen LogP contribution in [0.5, 0.6) is 0 Å². The van der Waals surface area contributed by atoms with Crippen molar-refractivity contribution in [2.24, 2.45) is 0 Å². The van der Waals surface area contributed by atoms with Gasteiger partial charge in [-0.3, -0.25) is 14.5 Å². The molecule has 5 rings (SSSR count). The van der Waals surface area contributed by atoms with Crippen LogP contribution < -0.4 is 4.90 Å². The number of nitrogens with zero attached hydrogens (tertiary/aromatic N) is 4. The van der Waals surface area contributed by atoms with E-state index in [-0.39, 0.29) is 11.8 Å². The van der Waals surface area contributed by atoms with Crippen molar-refractivity contribution < 1.29 is 9.59 Å². The summed E-state index contributed by atoms with van der Waals surface area (Å²) in [5.41, 5.74) is 4.24. The number of fused-ring (bicyclic) bond motifs is 3. The van der Waals surface area contributed by atoms with Gasteiger partial charge >= 0.3 is 0 Å². The van der Waals surface area contributed by atoms with E-state index in [4.69, 9.17) is 11.6 Å². The summed E-state index contributed by atoms with van der Waals surface area (Å²) in [5, 5.41) is 0.664. The van der Waals surface area contributed by atoms with Gasteiger partial charge in [-0.05, 0) is 49.1 Å². The molecule has 0 fully saturated rings. The molecule has 2 amide bonds. The van der Waals surface area contributed by atoms with Crippen LogP contribution >= 0.6 is 11.6 Å². The van der Waals surface area contributed by atoms with Crippen LogP contribution in [0.1, 0.15) is 38.3 Å². The third-order valence-corrected chi connectivity index (χ3v) is 5.90. The predicted octanol–water partition coefficient (Wildman–Crippen LogP) is 4.05. The van der Waals surface area contributed by atoms with Gasteiger partial charge in [0.25, 0.3) is 11.8 Å². The fourth-order valence-corrected chi connectivity index (χ4v) is 4.38. The third kappa shape index (κ3) is 3.13. The molecule has 0 bridgehead atoms. The molecule has 0 spiro atoms. The molecule has 0 N–H and O–H groups in total. The average molecular weight is 419 g/mol. The van der Waals surface area contributed by atoms with Crippen molar-refractivity contribution in [3.8, 4) is 0 Å². The number of rotatable bonds is 4. The Hall–Kier alpha value is -3.25. The first-order valence-electron chi connectivity index (χ1n) is 9.93. The van der Waals surface area contributed by atoms with E-state index in [1.54, 1.807) is 30.6 Å². The van der Waals surface area contributed by atoms with Crippen LogP contribution in [0.4, 0.5) is 11.5 Å². The van der Waals surface area contributed by atoms with Gasteiger partial charge in [0.15, 0.2) is 0 Å². The molecule has 150 valence electrons. The molecule has 3 heterocycles. The van der Waals surface area contributed by atoms with Gasteiger partial charge in [0.1, 0.15) is 12.1 Å². The molecular formula is C23H19ClN4O2. The van der Waals surface area contributed by atoms with Gasteiger partial charge in [-0.25, -0.2) is 9.97 Å². The lowest BCUT2D eigenvalue weighted by Crippen LogP contribution is -2.33. The number of benzene rings is 2. The van der Waals surface area contributed by atoms with Crippen molar-refractivity contribution in [2.75, 3.05) is 18.0 Å². The molecule has 0 radical (unpaired) electrons. The number of aromatic nitrogens is 2. The average Bonchev–Trinajstić information content (AvgIpc) is 2.91. The molecule has 6 nitrogen and oxygen atoms in total. The highest BCUT2D eigenvalue weighted by atomic mass is 35.5. The zero-order chi connectivity index (χ0) is 20.7. The Kier molecular flexibility index (Phi) is 4.71. The predicted molar refractivity (Wildman–Crippen MR) is 114 cm³/mol. The highest BCUT2D eigenvalue weighted by Crippen LogP contribution is 2.36. The molecule has 30 heavy (non-hydrogen) atoms. The number of amides is 2. The minimum absolute atomic E-state index is 0.224. The third-order valence-electron chi connectivity index (χ3n) is 5.66. The molecule has 2 aromatic carbocycles. The van der Waals surface area contributed by atoms with Crippen LogP contribution in [0, 0.1) is 0 Å². The fourth-order valence-electron chi connectivity index (χ4n) is 4.21. The number of carbonyl (C=O) groups excluding carboxylic acids is 2. The van der Waals surface area contributed by atoms with Crippen LogP contribution in [0.2, 0.25) is 5.02 Å². The lowest BCUT2D eigenvalue weighted by atomic mass is 10.1. The second-order valence-electron chi connectivity index (χ2n) is 7.46. The van der Waals surface area contributed by atoms with Crippen molar-refractivity contribution in [2.45, 2.75) is 19.3 Å². The first-order chi connectivity index (χ1) is 14.6. The van der Waals surface area contributed by atoms with Gasteiger partial charge in [-0.1, -0.05) is 29.8 Å². The Morgan fingerprint density at radius 1 is 0.900 bits per heavy atom. The Morgan fingerprint density at radius 2 is 1.60 bits per heavy atom. The highest BCUT2D eigenvalue weighted by Gasteiger charge is 2.34. The van der Waals surface area contributed by atoms with Gasteiger partial charge in [-0.15, -0.1) is 0 Å². The van der Waals surface area contributed by atoms with Crippen molar-refractivity contribution in [1.29, 1.82) is 0 Å². The normalized spacial score (nSPS) is 15.0. The van der Waals surface area contributed by atoms with Crippen molar-refractivity contribution in [1.82, 2.24) is 14.9 Å². The lowest BCUT2D eigenvalue weighted by molar-refractivity contribution is 0.0653. The summed E-state index contributed by atoms with van der Waals surface area (Å²) in [6.45, 7) is 0.948. The highest BCUT2D eigenvalue weighted by molar-refractivity contribution is 6.31. The standard InChI is InChI=1S/C23H19ClN4O2/c24-17-9-8-15-6-7-16-13-25-14-26-21(16)27(20(15)12-17)10-3-11-28-22(29)18-4-1-2-5-19(18)23(28)30/h1-2,4-5,8-9,12-14H,3,6-7,10-11H2. The summed E-state index contributed by atoms with van der Waals surface area (Å²) >= 11 is 6.29. The lowest BCUT2D eigenvalue weighted by Gasteiger charge is -2.26. The quantitative estimate of drug-likeness (QED) is 0.598. The molecule has 3 aromatic rings. The van der Waals surface area contributed by atoms with E-state index in [9.17, 15) is 9.59 Å². The van der Waals surface area contributed by atoms with Crippen LogP contribution in [0.3, 0.4) is 0 Å². The van der Waals surface area contributed by atoms with Gasteiger partial charge in [0.2, 0.25) is 0 Å². The maximum Gasteiger partial charge on any atom is 0.261 e. The zero-order valence-corrected chi connectivity index (χ0v) is 17.0. The number of hydrogen-bond donors (Lipinski definition) is 0. The van der Waals surface area contributed by atoms with Gasteiger partial charge in [-0.2, -0.15) is 0 Å². The van der Waals surface area contributed by atoms with E-state index in [0.29, 0.717) is 35.7 Å². The zero-order valence-electron chi connectivity index (χ0n) is 16.2. The van der Waals surface area contributed by atoms with E-state index >= 15 is 0 Å².